The van der Waals surface area contributed by atoms with Crippen LogP contribution in [0.25, 0.3) is 0 Å². The number of methoxy groups -OCH3 is 1. The fourth-order valence-corrected chi connectivity index (χ4v) is 1.87. The predicted octanol–water partition coefficient (Wildman–Crippen LogP) is 3.09. The number of amides is 1. The first-order valence-corrected chi connectivity index (χ1v) is 7.14. The number of carbonyl (C=O) groups is 2. The summed E-state index contributed by atoms with van der Waals surface area (Å²) in [5, 5.41) is 2.55. The number of ether oxygens (including phenoxy) is 3. The average Bonchev–Trinajstić information content (AvgIpc) is 2.61. The van der Waals surface area contributed by atoms with Crippen LogP contribution in [0.4, 0.5) is 14.5 Å². The molecule has 0 aliphatic heterocycles. The van der Waals surface area contributed by atoms with Crippen molar-refractivity contribution in [2.75, 3.05) is 19.0 Å². The van der Waals surface area contributed by atoms with E-state index in [2.05, 4.69) is 14.8 Å². The molecule has 0 aliphatic carbocycles. The zero-order valence-electron chi connectivity index (χ0n) is 13.2. The summed E-state index contributed by atoms with van der Waals surface area (Å²) in [6.45, 7) is -3.16. The van der Waals surface area contributed by atoms with E-state index in [9.17, 15) is 18.4 Å². The van der Waals surface area contributed by atoms with Gasteiger partial charge in [-0.2, -0.15) is 8.78 Å². The Balaban J connectivity index is 1.83. The third kappa shape index (κ3) is 5.76. The van der Waals surface area contributed by atoms with Gasteiger partial charge in [-0.15, -0.1) is 0 Å². The summed E-state index contributed by atoms with van der Waals surface area (Å²) in [6.07, 6.45) is 0. The maximum absolute atomic E-state index is 12.0. The van der Waals surface area contributed by atoms with Gasteiger partial charge in [0.1, 0.15) is 11.5 Å². The van der Waals surface area contributed by atoms with E-state index in [0.717, 1.165) is 0 Å². The summed E-state index contributed by atoms with van der Waals surface area (Å²) in [5.41, 5.74) is 0.779. The van der Waals surface area contributed by atoms with Gasteiger partial charge in [-0.3, -0.25) is 4.79 Å². The van der Waals surface area contributed by atoms with Crippen molar-refractivity contribution in [2.45, 2.75) is 6.61 Å². The lowest BCUT2D eigenvalue weighted by Crippen LogP contribution is -2.20. The van der Waals surface area contributed by atoms with Gasteiger partial charge in [0.2, 0.25) is 0 Å². The molecule has 0 heterocycles. The SMILES string of the molecule is COC(=O)c1ccc(OCC(=O)Nc2ccc(OC(F)F)cc2)cc1. The van der Waals surface area contributed by atoms with E-state index in [1.807, 2.05) is 0 Å². The van der Waals surface area contributed by atoms with Crippen LogP contribution >= 0.6 is 0 Å². The molecule has 0 bridgehead atoms. The Morgan fingerprint density at radius 2 is 1.60 bits per heavy atom. The highest BCUT2D eigenvalue weighted by Gasteiger charge is 2.08. The van der Waals surface area contributed by atoms with Crippen molar-refractivity contribution in [2.24, 2.45) is 0 Å². The zero-order chi connectivity index (χ0) is 18.2. The molecule has 2 rings (SSSR count). The molecule has 6 nitrogen and oxygen atoms in total. The highest BCUT2D eigenvalue weighted by atomic mass is 19.3. The number of halogens is 2. The smallest absolute Gasteiger partial charge is 0.387 e. The quantitative estimate of drug-likeness (QED) is 0.776. The van der Waals surface area contributed by atoms with E-state index < -0.39 is 18.5 Å². The van der Waals surface area contributed by atoms with Gasteiger partial charge in [0.15, 0.2) is 6.61 Å². The minimum atomic E-state index is -2.90. The Morgan fingerprint density at radius 3 is 2.16 bits per heavy atom. The number of rotatable bonds is 7. The number of nitrogens with one attached hydrogen (secondary N) is 1. The van der Waals surface area contributed by atoms with Crippen molar-refractivity contribution in [1.29, 1.82) is 0 Å². The zero-order valence-corrected chi connectivity index (χ0v) is 13.2. The molecule has 0 aromatic heterocycles. The third-order valence-electron chi connectivity index (χ3n) is 3.01. The van der Waals surface area contributed by atoms with Crippen LogP contribution in [-0.2, 0) is 9.53 Å². The first-order valence-electron chi connectivity index (χ1n) is 7.14. The second-order valence-electron chi connectivity index (χ2n) is 4.76. The Bertz CT molecular complexity index is 717. The fourth-order valence-electron chi connectivity index (χ4n) is 1.87. The van der Waals surface area contributed by atoms with E-state index in [-0.39, 0.29) is 12.4 Å². The van der Waals surface area contributed by atoms with Crippen molar-refractivity contribution < 1.29 is 32.6 Å². The molecule has 0 fully saturated rings. The molecule has 1 N–H and O–H groups in total. The molecule has 132 valence electrons. The lowest BCUT2D eigenvalue weighted by molar-refractivity contribution is -0.118. The summed E-state index contributed by atoms with van der Waals surface area (Å²) in [7, 11) is 1.28. The molecule has 0 unspecified atom stereocenters. The monoisotopic (exact) mass is 351 g/mol. The number of hydrogen-bond donors (Lipinski definition) is 1. The summed E-state index contributed by atoms with van der Waals surface area (Å²) >= 11 is 0. The Kier molecular flexibility index (Phi) is 6.27. The number of alkyl halides is 2. The van der Waals surface area contributed by atoms with Crippen molar-refractivity contribution in [1.82, 2.24) is 0 Å². The minimum Gasteiger partial charge on any atom is -0.484 e. The summed E-state index contributed by atoms with van der Waals surface area (Å²) in [6, 6.07) is 11.6. The average molecular weight is 351 g/mol. The van der Waals surface area contributed by atoms with Gasteiger partial charge >= 0.3 is 12.6 Å². The van der Waals surface area contributed by atoms with Crippen LogP contribution in [0.5, 0.6) is 11.5 Å². The largest absolute Gasteiger partial charge is 0.484 e. The maximum atomic E-state index is 12.0. The molecule has 0 aliphatic rings. The van der Waals surface area contributed by atoms with E-state index >= 15 is 0 Å². The highest BCUT2D eigenvalue weighted by Crippen LogP contribution is 2.18. The van der Waals surface area contributed by atoms with Gasteiger partial charge in [-0.25, -0.2) is 4.79 Å². The van der Waals surface area contributed by atoms with Crippen molar-refractivity contribution in [3.05, 3.63) is 54.1 Å². The second-order valence-corrected chi connectivity index (χ2v) is 4.76. The van der Waals surface area contributed by atoms with E-state index in [0.29, 0.717) is 17.0 Å². The first kappa shape index (κ1) is 18.2. The van der Waals surface area contributed by atoms with Crippen molar-refractivity contribution in [3.8, 4) is 11.5 Å². The minimum absolute atomic E-state index is 0.00468. The van der Waals surface area contributed by atoms with Crippen LogP contribution in [0.3, 0.4) is 0 Å². The van der Waals surface area contributed by atoms with Crippen LogP contribution in [0.1, 0.15) is 10.4 Å². The van der Waals surface area contributed by atoms with Gasteiger partial charge < -0.3 is 19.5 Å². The number of carbonyl (C=O) groups excluding carboxylic acids is 2. The predicted molar refractivity (Wildman–Crippen MR) is 85.0 cm³/mol. The third-order valence-corrected chi connectivity index (χ3v) is 3.01. The molecular weight excluding hydrogens is 336 g/mol. The van der Waals surface area contributed by atoms with E-state index in [4.69, 9.17) is 4.74 Å². The molecule has 0 saturated heterocycles. The molecular formula is C17H15F2NO5. The van der Waals surface area contributed by atoms with Crippen molar-refractivity contribution >= 4 is 17.6 Å². The lowest BCUT2D eigenvalue weighted by Gasteiger charge is -2.09. The number of esters is 1. The molecule has 2 aromatic carbocycles. The van der Waals surface area contributed by atoms with Crippen LogP contribution in [0, 0.1) is 0 Å². The second kappa shape index (κ2) is 8.62. The Hall–Kier alpha value is -3.16. The van der Waals surface area contributed by atoms with Crippen molar-refractivity contribution in [3.63, 3.8) is 0 Å². The standard InChI is InChI=1S/C17H15F2NO5/c1-23-16(22)11-2-6-13(7-3-11)24-10-15(21)20-12-4-8-14(9-5-12)25-17(18)19/h2-9,17H,10H2,1H3,(H,20,21). The van der Waals surface area contributed by atoms with E-state index in [1.165, 1.54) is 55.6 Å². The maximum Gasteiger partial charge on any atom is 0.387 e. The normalized spacial score (nSPS) is 10.2. The topological polar surface area (TPSA) is 73.9 Å². The summed E-state index contributed by atoms with van der Waals surface area (Å²) in [4.78, 5) is 23.1. The number of hydrogen-bond acceptors (Lipinski definition) is 5. The Labute approximate surface area is 142 Å². The summed E-state index contributed by atoms with van der Waals surface area (Å²) < 4.78 is 38.2. The number of anilines is 1. The van der Waals surface area contributed by atoms with Crippen LogP contribution in [0.2, 0.25) is 0 Å². The van der Waals surface area contributed by atoms with Gasteiger partial charge in [-0.1, -0.05) is 0 Å². The molecule has 2 aromatic rings. The molecule has 1 amide bonds. The lowest BCUT2D eigenvalue weighted by atomic mass is 10.2. The van der Waals surface area contributed by atoms with E-state index in [1.54, 1.807) is 0 Å². The molecule has 0 saturated carbocycles. The van der Waals surface area contributed by atoms with Gasteiger partial charge in [0, 0.05) is 5.69 Å². The first-order chi connectivity index (χ1) is 12.0. The highest BCUT2D eigenvalue weighted by molar-refractivity contribution is 5.92. The molecule has 0 radical (unpaired) electrons. The fraction of sp³-hybridized carbons (Fsp3) is 0.176. The summed E-state index contributed by atoms with van der Waals surface area (Å²) in [5.74, 6) is -0.499. The van der Waals surface area contributed by atoms with Crippen LogP contribution in [0.15, 0.2) is 48.5 Å². The van der Waals surface area contributed by atoms with Crippen LogP contribution in [-0.4, -0.2) is 32.2 Å². The number of benzene rings is 2. The van der Waals surface area contributed by atoms with Gasteiger partial charge in [-0.05, 0) is 48.5 Å². The molecule has 0 atom stereocenters. The van der Waals surface area contributed by atoms with Gasteiger partial charge in [0.05, 0.1) is 12.7 Å². The molecule has 25 heavy (non-hydrogen) atoms. The molecule has 0 spiro atoms. The molecule has 8 heteroatoms. The Morgan fingerprint density at radius 1 is 1.00 bits per heavy atom. The van der Waals surface area contributed by atoms with Crippen LogP contribution < -0.4 is 14.8 Å². The van der Waals surface area contributed by atoms with Gasteiger partial charge in [0.25, 0.3) is 5.91 Å².